The number of fused-ring (bicyclic) bond motifs is 3. The average Bonchev–Trinajstić information content (AvgIpc) is 3.19. The summed E-state index contributed by atoms with van der Waals surface area (Å²) in [5.74, 6) is 0.317. The van der Waals surface area contributed by atoms with Gasteiger partial charge in [-0.3, -0.25) is 13.9 Å². The van der Waals surface area contributed by atoms with Gasteiger partial charge in [-0.2, -0.15) is 0 Å². The van der Waals surface area contributed by atoms with Gasteiger partial charge in [-0.05, 0) is 49.2 Å². The van der Waals surface area contributed by atoms with Gasteiger partial charge in [0.25, 0.3) is 5.56 Å². The van der Waals surface area contributed by atoms with Crippen LogP contribution < -0.4 is 16.0 Å². The molecule has 1 aliphatic rings. The Morgan fingerprint density at radius 1 is 1.09 bits per heavy atom. The Labute approximate surface area is 206 Å². The molecule has 0 unspecified atom stereocenters. The number of aromatic nitrogens is 3. The minimum absolute atomic E-state index is 0.0245. The highest BCUT2D eigenvalue weighted by molar-refractivity contribution is 6.30. The molecule has 8 nitrogen and oxygen atoms in total. The van der Waals surface area contributed by atoms with E-state index in [0.717, 1.165) is 10.1 Å². The molecule has 0 saturated heterocycles. The third-order valence-corrected chi connectivity index (χ3v) is 6.94. The van der Waals surface area contributed by atoms with Crippen LogP contribution in [0.1, 0.15) is 31.2 Å². The summed E-state index contributed by atoms with van der Waals surface area (Å²) in [6.45, 7) is 4.39. The molecule has 4 aromatic rings. The standard InChI is InChI=1S/C26H26ClN3O5/c1-26(2)13-35-23(15-8-11-18(34-5)17(31)12-15)22-21-19(24(32)29(4)25(33)28(21)3)20(30(22)26)14-6-9-16(27)10-7-14/h6-12,23,31H,13H2,1-5H3/t23-/m1/s1. The topological polar surface area (TPSA) is 87.6 Å². The number of halogens is 1. The van der Waals surface area contributed by atoms with E-state index in [1.807, 2.05) is 32.0 Å². The normalized spacial score (nSPS) is 16.9. The van der Waals surface area contributed by atoms with Crippen molar-refractivity contribution in [1.29, 1.82) is 0 Å². The molecule has 1 N–H and O–H groups in total. The molecule has 0 amide bonds. The monoisotopic (exact) mass is 495 g/mol. The molecule has 9 heteroatoms. The summed E-state index contributed by atoms with van der Waals surface area (Å²) in [6.07, 6.45) is -0.638. The van der Waals surface area contributed by atoms with Crippen LogP contribution in [0.2, 0.25) is 5.02 Å². The number of rotatable bonds is 3. The number of phenolic OH excluding ortho intramolecular Hbond substituents is 1. The molecule has 0 bridgehead atoms. The van der Waals surface area contributed by atoms with Crippen molar-refractivity contribution in [3.05, 3.63) is 79.6 Å². The Balaban J connectivity index is 1.96. The first-order valence-electron chi connectivity index (χ1n) is 11.2. The van der Waals surface area contributed by atoms with Crippen LogP contribution in [-0.4, -0.2) is 32.5 Å². The largest absolute Gasteiger partial charge is 0.504 e. The van der Waals surface area contributed by atoms with Crippen molar-refractivity contribution in [2.45, 2.75) is 25.5 Å². The van der Waals surface area contributed by atoms with Crippen LogP contribution in [0, 0.1) is 0 Å². The third kappa shape index (κ3) is 3.39. The van der Waals surface area contributed by atoms with Crippen LogP contribution in [-0.2, 0) is 24.4 Å². The fraction of sp³-hybridized carbons (Fsp3) is 0.308. The van der Waals surface area contributed by atoms with Crippen molar-refractivity contribution in [3.8, 4) is 22.8 Å². The highest BCUT2D eigenvalue weighted by Gasteiger charge is 2.40. The predicted molar refractivity (Wildman–Crippen MR) is 135 cm³/mol. The smallest absolute Gasteiger partial charge is 0.331 e. The quantitative estimate of drug-likeness (QED) is 0.465. The van der Waals surface area contributed by atoms with E-state index in [-0.39, 0.29) is 11.3 Å². The van der Waals surface area contributed by atoms with E-state index in [0.29, 0.717) is 45.2 Å². The number of nitrogens with zero attached hydrogens (tertiary/aromatic N) is 3. The SMILES string of the molecule is COc1ccc([C@H]2OCC(C)(C)n3c(-c4ccc(Cl)cc4)c4c(=O)n(C)c(=O)n(C)c4c32)cc1O. The van der Waals surface area contributed by atoms with Crippen molar-refractivity contribution in [2.24, 2.45) is 14.1 Å². The van der Waals surface area contributed by atoms with Gasteiger partial charge in [-0.1, -0.05) is 29.8 Å². The van der Waals surface area contributed by atoms with Gasteiger partial charge in [0, 0.05) is 19.1 Å². The Hall–Kier alpha value is -3.49. The first-order valence-corrected chi connectivity index (χ1v) is 11.5. The lowest BCUT2D eigenvalue weighted by molar-refractivity contribution is -0.00716. The maximum Gasteiger partial charge on any atom is 0.331 e. The lowest BCUT2D eigenvalue weighted by atomic mass is 9.97. The summed E-state index contributed by atoms with van der Waals surface area (Å²) in [6, 6.07) is 12.4. The maximum atomic E-state index is 13.6. The van der Waals surface area contributed by atoms with Gasteiger partial charge in [0.1, 0.15) is 6.10 Å². The Morgan fingerprint density at radius 3 is 2.40 bits per heavy atom. The molecule has 35 heavy (non-hydrogen) atoms. The number of benzene rings is 2. The van der Waals surface area contributed by atoms with Crippen LogP contribution >= 0.6 is 11.6 Å². The zero-order chi connectivity index (χ0) is 25.2. The van der Waals surface area contributed by atoms with Gasteiger partial charge >= 0.3 is 5.69 Å². The van der Waals surface area contributed by atoms with E-state index in [9.17, 15) is 14.7 Å². The molecule has 1 atom stereocenters. The number of hydrogen-bond acceptors (Lipinski definition) is 5. The molecule has 0 aliphatic carbocycles. The van der Waals surface area contributed by atoms with Gasteiger partial charge in [-0.25, -0.2) is 4.79 Å². The second-order valence-corrected chi connectivity index (χ2v) is 9.88. The van der Waals surface area contributed by atoms with Crippen LogP contribution in [0.15, 0.2) is 52.1 Å². The molecule has 0 saturated carbocycles. The van der Waals surface area contributed by atoms with Crippen molar-refractivity contribution in [1.82, 2.24) is 13.7 Å². The van der Waals surface area contributed by atoms with E-state index < -0.39 is 17.3 Å². The summed E-state index contributed by atoms with van der Waals surface area (Å²) in [4.78, 5) is 26.6. The first kappa shape index (κ1) is 23.3. The lowest BCUT2D eigenvalue weighted by Gasteiger charge is -2.39. The van der Waals surface area contributed by atoms with Crippen LogP contribution in [0.5, 0.6) is 11.5 Å². The number of hydrogen-bond donors (Lipinski definition) is 1. The number of aryl methyl sites for hydroxylation is 1. The number of methoxy groups -OCH3 is 1. The van der Waals surface area contributed by atoms with E-state index in [4.69, 9.17) is 21.1 Å². The van der Waals surface area contributed by atoms with Crippen LogP contribution in [0.4, 0.5) is 0 Å². The minimum Gasteiger partial charge on any atom is -0.504 e. The second kappa shape index (κ2) is 8.03. The van der Waals surface area contributed by atoms with Gasteiger partial charge < -0.3 is 19.1 Å². The summed E-state index contributed by atoms with van der Waals surface area (Å²) >= 11 is 6.16. The Kier molecular flexibility index (Phi) is 5.34. The highest BCUT2D eigenvalue weighted by atomic mass is 35.5. The molecule has 2 aromatic heterocycles. The lowest BCUT2D eigenvalue weighted by Crippen LogP contribution is -2.40. The third-order valence-electron chi connectivity index (χ3n) is 6.69. The highest BCUT2D eigenvalue weighted by Crippen LogP contribution is 2.46. The molecule has 0 radical (unpaired) electrons. The second-order valence-electron chi connectivity index (χ2n) is 9.44. The molecule has 2 aromatic carbocycles. The molecule has 0 fully saturated rings. The van der Waals surface area contributed by atoms with E-state index in [2.05, 4.69) is 4.57 Å². The predicted octanol–water partition coefficient (Wildman–Crippen LogP) is 3.93. The first-order chi connectivity index (χ1) is 16.6. The number of ether oxygens (including phenoxy) is 2. The fourth-order valence-electron chi connectivity index (χ4n) is 5.00. The molecular weight excluding hydrogens is 470 g/mol. The Bertz CT molecular complexity index is 1600. The van der Waals surface area contributed by atoms with Gasteiger partial charge in [0.15, 0.2) is 11.5 Å². The number of phenols is 1. The molecular formula is C26H26ClN3O5. The zero-order valence-corrected chi connectivity index (χ0v) is 20.9. The summed E-state index contributed by atoms with van der Waals surface area (Å²) in [5.41, 5.74) is 1.97. The van der Waals surface area contributed by atoms with Crippen molar-refractivity contribution in [2.75, 3.05) is 13.7 Å². The van der Waals surface area contributed by atoms with E-state index >= 15 is 0 Å². The van der Waals surface area contributed by atoms with E-state index in [1.165, 1.54) is 18.7 Å². The number of aromatic hydroxyl groups is 1. The van der Waals surface area contributed by atoms with Gasteiger partial charge in [0.05, 0.1) is 41.5 Å². The van der Waals surface area contributed by atoms with Crippen molar-refractivity contribution in [3.63, 3.8) is 0 Å². The molecule has 0 spiro atoms. The molecule has 3 heterocycles. The molecule has 1 aliphatic heterocycles. The zero-order valence-electron chi connectivity index (χ0n) is 20.1. The summed E-state index contributed by atoms with van der Waals surface area (Å²) < 4.78 is 16.3. The summed E-state index contributed by atoms with van der Waals surface area (Å²) in [7, 11) is 4.62. The van der Waals surface area contributed by atoms with Gasteiger partial charge in [-0.15, -0.1) is 0 Å². The van der Waals surface area contributed by atoms with Gasteiger partial charge in [0.2, 0.25) is 0 Å². The molecule has 182 valence electrons. The minimum atomic E-state index is -0.638. The molecule has 5 rings (SSSR count). The van der Waals surface area contributed by atoms with E-state index in [1.54, 1.807) is 31.3 Å². The van der Waals surface area contributed by atoms with Crippen molar-refractivity contribution >= 4 is 22.5 Å². The maximum absolute atomic E-state index is 13.6. The fourth-order valence-corrected chi connectivity index (χ4v) is 5.13. The average molecular weight is 496 g/mol. The van der Waals surface area contributed by atoms with Crippen molar-refractivity contribution < 1.29 is 14.6 Å². The van der Waals surface area contributed by atoms with Crippen LogP contribution in [0.25, 0.3) is 22.2 Å². The Morgan fingerprint density at radius 2 is 1.77 bits per heavy atom. The van der Waals surface area contributed by atoms with Crippen LogP contribution in [0.3, 0.4) is 0 Å². The summed E-state index contributed by atoms with van der Waals surface area (Å²) in [5, 5.41) is 11.5.